The second-order valence-electron chi connectivity index (χ2n) is 11.0. The summed E-state index contributed by atoms with van der Waals surface area (Å²) in [6, 6.07) is 19.4. The molecule has 226 valence electrons. The predicted octanol–water partition coefficient (Wildman–Crippen LogP) is 4.93. The normalized spacial score (nSPS) is 12.3. The van der Waals surface area contributed by atoms with E-state index in [2.05, 4.69) is 5.32 Å². The summed E-state index contributed by atoms with van der Waals surface area (Å²) in [7, 11) is -1.32. The molecular weight excluding hydrogens is 554 g/mol. The highest BCUT2D eigenvalue weighted by Gasteiger charge is 2.35. The SMILES string of the molecule is CC[C@H](C(=O)NC(C)(C)C)N(Cc1cccc(C)c1)C(=O)CN(c1ccccc1OC)S(=O)(=O)c1ccc(OC)cc1. The van der Waals surface area contributed by atoms with Gasteiger partial charge in [0.1, 0.15) is 24.1 Å². The lowest BCUT2D eigenvalue weighted by Crippen LogP contribution is -2.55. The van der Waals surface area contributed by atoms with Crippen molar-refractivity contribution in [1.29, 1.82) is 0 Å². The third kappa shape index (κ3) is 8.03. The van der Waals surface area contributed by atoms with Gasteiger partial charge in [-0.15, -0.1) is 0 Å². The fraction of sp³-hybridized carbons (Fsp3) is 0.375. The number of carbonyl (C=O) groups excluding carboxylic acids is 2. The van der Waals surface area contributed by atoms with E-state index in [-0.39, 0.29) is 28.8 Å². The smallest absolute Gasteiger partial charge is 0.264 e. The number of methoxy groups -OCH3 is 2. The average molecular weight is 596 g/mol. The standard InChI is InChI=1S/C32H41N3O6S/c1-8-27(31(37)33-32(3,4)5)34(21-24-13-11-12-23(2)20-24)30(36)22-35(28-14-9-10-15-29(28)41-7)42(38,39)26-18-16-25(40-6)17-19-26/h9-20,27H,8,21-22H2,1-7H3,(H,33,37)/t27-/m1/s1. The highest BCUT2D eigenvalue weighted by Crippen LogP contribution is 2.33. The van der Waals surface area contributed by atoms with Crippen LogP contribution in [0.4, 0.5) is 5.69 Å². The van der Waals surface area contributed by atoms with E-state index in [0.29, 0.717) is 12.2 Å². The zero-order chi connectivity index (χ0) is 31.1. The van der Waals surface area contributed by atoms with Crippen molar-refractivity contribution in [3.05, 3.63) is 83.9 Å². The minimum absolute atomic E-state index is 0.0234. The van der Waals surface area contributed by atoms with Gasteiger partial charge in [-0.1, -0.05) is 48.9 Å². The van der Waals surface area contributed by atoms with Crippen LogP contribution in [0.2, 0.25) is 0 Å². The lowest BCUT2D eigenvalue weighted by molar-refractivity contribution is -0.141. The van der Waals surface area contributed by atoms with Gasteiger partial charge in [0.15, 0.2) is 0 Å². The molecule has 0 aliphatic carbocycles. The maximum atomic E-state index is 14.2. The molecule has 3 aromatic carbocycles. The van der Waals surface area contributed by atoms with Gasteiger partial charge in [0.25, 0.3) is 10.0 Å². The van der Waals surface area contributed by atoms with Gasteiger partial charge in [-0.25, -0.2) is 8.42 Å². The third-order valence-corrected chi connectivity index (χ3v) is 8.37. The molecule has 0 heterocycles. The molecule has 3 rings (SSSR count). The number of anilines is 1. The second kappa shape index (κ2) is 13.7. The van der Waals surface area contributed by atoms with Gasteiger partial charge in [0.05, 0.1) is 24.8 Å². The number of ether oxygens (including phenoxy) is 2. The Bertz CT molecular complexity index is 1480. The first kappa shape index (κ1) is 32.5. The summed E-state index contributed by atoms with van der Waals surface area (Å²) >= 11 is 0. The molecule has 0 saturated carbocycles. The minimum atomic E-state index is -4.25. The molecule has 0 radical (unpaired) electrons. The molecule has 0 spiro atoms. The quantitative estimate of drug-likeness (QED) is 0.318. The van der Waals surface area contributed by atoms with Crippen molar-refractivity contribution in [1.82, 2.24) is 10.2 Å². The molecular formula is C32H41N3O6S. The number of sulfonamides is 1. The van der Waals surface area contributed by atoms with Crippen molar-refractivity contribution in [2.45, 2.75) is 64.1 Å². The highest BCUT2D eigenvalue weighted by atomic mass is 32.2. The van der Waals surface area contributed by atoms with Crippen LogP contribution in [0.3, 0.4) is 0 Å². The first-order valence-electron chi connectivity index (χ1n) is 13.8. The van der Waals surface area contributed by atoms with Crippen LogP contribution in [-0.4, -0.2) is 57.5 Å². The average Bonchev–Trinajstić information content (AvgIpc) is 2.94. The van der Waals surface area contributed by atoms with E-state index in [1.54, 1.807) is 36.4 Å². The Labute approximate surface area is 249 Å². The summed E-state index contributed by atoms with van der Waals surface area (Å²) in [5.74, 6) is -0.0674. The molecule has 10 heteroatoms. The number of para-hydroxylation sites is 2. The van der Waals surface area contributed by atoms with Gasteiger partial charge < -0.3 is 19.7 Å². The number of nitrogens with zero attached hydrogens (tertiary/aromatic N) is 2. The van der Waals surface area contributed by atoms with Crippen molar-refractivity contribution in [2.75, 3.05) is 25.1 Å². The second-order valence-corrected chi connectivity index (χ2v) is 12.9. The fourth-order valence-electron chi connectivity index (χ4n) is 4.60. The summed E-state index contributed by atoms with van der Waals surface area (Å²) in [4.78, 5) is 29.1. The fourth-order valence-corrected chi connectivity index (χ4v) is 6.03. The maximum absolute atomic E-state index is 14.2. The lowest BCUT2D eigenvalue weighted by atomic mass is 10.0. The molecule has 0 aliphatic rings. The third-order valence-electron chi connectivity index (χ3n) is 6.60. The summed E-state index contributed by atoms with van der Waals surface area (Å²) in [5, 5.41) is 2.98. The molecule has 1 atom stereocenters. The molecule has 0 saturated heterocycles. The van der Waals surface area contributed by atoms with Gasteiger partial charge in [-0.2, -0.15) is 0 Å². The highest BCUT2D eigenvalue weighted by molar-refractivity contribution is 7.92. The zero-order valence-corrected chi connectivity index (χ0v) is 26.2. The Morgan fingerprint density at radius 2 is 1.60 bits per heavy atom. The Balaban J connectivity index is 2.11. The van der Waals surface area contributed by atoms with Crippen molar-refractivity contribution >= 4 is 27.5 Å². The molecule has 9 nitrogen and oxygen atoms in total. The van der Waals surface area contributed by atoms with E-state index in [1.165, 1.54) is 31.3 Å². The number of benzene rings is 3. The van der Waals surface area contributed by atoms with Crippen LogP contribution >= 0.6 is 0 Å². The van der Waals surface area contributed by atoms with Crippen molar-refractivity contribution in [2.24, 2.45) is 0 Å². The summed E-state index contributed by atoms with van der Waals surface area (Å²) in [6.07, 6.45) is 0.333. The van der Waals surface area contributed by atoms with E-state index in [0.717, 1.165) is 15.4 Å². The number of carbonyl (C=O) groups is 2. The lowest BCUT2D eigenvalue weighted by Gasteiger charge is -2.35. The number of hydrogen-bond donors (Lipinski definition) is 1. The number of rotatable bonds is 12. The molecule has 0 aromatic heterocycles. The Morgan fingerprint density at radius 1 is 0.929 bits per heavy atom. The topological polar surface area (TPSA) is 105 Å². The van der Waals surface area contributed by atoms with E-state index >= 15 is 0 Å². The Morgan fingerprint density at radius 3 is 2.17 bits per heavy atom. The van der Waals surface area contributed by atoms with Crippen LogP contribution < -0.4 is 19.1 Å². The predicted molar refractivity (Wildman–Crippen MR) is 164 cm³/mol. The van der Waals surface area contributed by atoms with Crippen LogP contribution in [0.25, 0.3) is 0 Å². The van der Waals surface area contributed by atoms with E-state index < -0.39 is 34.1 Å². The molecule has 0 unspecified atom stereocenters. The van der Waals surface area contributed by atoms with Crippen LogP contribution in [0.15, 0.2) is 77.7 Å². The first-order chi connectivity index (χ1) is 19.8. The van der Waals surface area contributed by atoms with Gasteiger partial charge in [0, 0.05) is 12.1 Å². The van der Waals surface area contributed by atoms with Gasteiger partial charge in [-0.05, 0) is 76.1 Å². The molecule has 1 N–H and O–H groups in total. The van der Waals surface area contributed by atoms with Crippen molar-refractivity contribution in [3.63, 3.8) is 0 Å². The Kier molecular flexibility index (Phi) is 10.6. The van der Waals surface area contributed by atoms with Crippen LogP contribution in [0.1, 0.15) is 45.2 Å². The zero-order valence-electron chi connectivity index (χ0n) is 25.4. The number of aryl methyl sites for hydroxylation is 1. The summed E-state index contributed by atoms with van der Waals surface area (Å²) in [6.45, 7) is 8.96. The monoisotopic (exact) mass is 595 g/mol. The molecule has 0 aliphatic heterocycles. The number of hydrogen-bond acceptors (Lipinski definition) is 6. The van der Waals surface area contributed by atoms with E-state index in [4.69, 9.17) is 9.47 Å². The van der Waals surface area contributed by atoms with Crippen LogP contribution in [0, 0.1) is 6.92 Å². The Hall–Kier alpha value is -4.05. The van der Waals surface area contributed by atoms with Crippen molar-refractivity contribution < 1.29 is 27.5 Å². The molecule has 42 heavy (non-hydrogen) atoms. The van der Waals surface area contributed by atoms with Gasteiger partial charge in [0.2, 0.25) is 11.8 Å². The van der Waals surface area contributed by atoms with E-state index in [9.17, 15) is 18.0 Å². The molecule has 0 bridgehead atoms. The first-order valence-corrected chi connectivity index (χ1v) is 15.2. The van der Waals surface area contributed by atoms with Crippen LogP contribution in [0.5, 0.6) is 11.5 Å². The van der Waals surface area contributed by atoms with Crippen molar-refractivity contribution in [3.8, 4) is 11.5 Å². The largest absolute Gasteiger partial charge is 0.497 e. The maximum Gasteiger partial charge on any atom is 0.264 e. The summed E-state index contributed by atoms with van der Waals surface area (Å²) < 4.78 is 39.9. The minimum Gasteiger partial charge on any atom is -0.497 e. The molecule has 3 aromatic rings. The van der Waals surface area contributed by atoms with Gasteiger partial charge in [-0.3, -0.25) is 13.9 Å². The van der Waals surface area contributed by atoms with Gasteiger partial charge >= 0.3 is 0 Å². The van der Waals surface area contributed by atoms with Crippen LogP contribution in [-0.2, 0) is 26.2 Å². The van der Waals surface area contributed by atoms with E-state index in [1.807, 2.05) is 58.9 Å². The number of nitrogens with one attached hydrogen (secondary N) is 1. The molecule has 2 amide bonds. The summed E-state index contributed by atoms with van der Waals surface area (Å²) in [5.41, 5.74) is 1.51. The number of amides is 2. The molecule has 0 fully saturated rings.